The molecular formula is C9H10ClN3. The van der Waals surface area contributed by atoms with E-state index < -0.39 is 0 Å². The first-order chi connectivity index (χ1) is 6.16. The molecule has 0 aliphatic carbocycles. The van der Waals surface area contributed by atoms with Crippen molar-refractivity contribution < 1.29 is 0 Å². The fourth-order valence-corrected chi connectivity index (χ4v) is 1.31. The first-order valence-corrected chi connectivity index (χ1v) is 4.55. The number of halogens is 1. The van der Waals surface area contributed by atoms with E-state index in [4.69, 9.17) is 11.6 Å². The molecule has 4 heteroatoms. The first-order valence-electron chi connectivity index (χ1n) is 4.17. The van der Waals surface area contributed by atoms with E-state index in [9.17, 15) is 0 Å². The van der Waals surface area contributed by atoms with Crippen LogP contribution in [0, 0.1) is 0 Å². The van der Waals surface area contributed by atoms with Crippen LogP contribution < -0.4 is 0 Å². The summed E-state index contributed by atoms with van der Waals surface area (Å²) in [6, 6.07) is 0. The van der Waals surface area contributed by atoms with Gasteiger partial charge in [0.15, 0.2) is 0 Å². The molecular weight excluding hydrogens is 186 g/mol. The highest BCUT2D eigenvalue weighted by Crippen LogP contribution is 2.14. The molecule has 68 valence electrons. The van der Waals surface area contributed by atoms with Crippen molar-refractivity contribution in [2.45, 2.75) is 19.8 Å². The molecule has 2 heterocycles. The average molecular weight is 196 g/mol. The Morgan fingerprint density at radius 1 is 1.38 bits per heavy atom. The molecule has 0 amide bonds. The van der Waals surface area contributed by atoms with E-state index in [1.165, 1.54) is 0 Å². The van der Waals surface area contributed by atoms with E-state index >= 15 is 0 Å². The Labute approximate surface area is 81.4 Å². The lowest BCUT2D eigenvalue weighted by molar-refractivity contribution is 0.833. The fourth-order valence-electron chi connectivity index (χ4n) is 1.16. The molecule has 0 atom stereocenters. The summed E-state index contributed by atoms with van der Waals surface area (Å²) in [5, 5.41) is 0.625. The molecule has 0 aromatic carbocycles. The highest BCUT2D eigenvalue weighted by Gasteiger charge is 2.05. The summed E-state index contributed by atoms with van der Waals surface area (Å²) >= 11 is 5.80. The van der Waals surface area contributed by atoms with Crippen LogP contribution in [0.4, 0.5) is 0 Å². The van der Waals surface area contributed by atoms with E-state index in [0.717, 1.165) is 5.69 Å². The summed E-state index contributed by atoms with van der Waals surface area (Å²) < 4.78 is 1.84. The number of fused-ring (bicyclic) bond motifs is 1. The predicted molar refractivity (Wildman–Crippen MR) is 52.1 cm³/mol. The SMILES string of the molecule is CC(C)c1cn2cc(Cl)cnc2n1. The minimum absolute atomic E-state index is 0.417. The number of aromatic nitrogens is 3. The van der Waals surface area contributed by atoms with E-state index in [-0.39, 0.29) is 0 Å². The lowest BCUT2D eigenvalue weighted by atomic mass is 10.2. The topological polar surface area (TPSA) is 30.2 Å². The molecule has 2 aromatic rings. The van der Waals surface area contributed by atoms with Gasteiger partial charge in [-0.15, -0.1) is 0 Å². The highest BCUT2D eigenvalue weighted by molar-refractivity contribution is 6.30. The molecule has 0 saturated heterocycles. The molecule has 0 saturated carbocycles. The van der Waals surface area contributed by atoms with Crippen molar-refractivity contribution >= 4 is 17.4 Å². The number of rotatable bonds is 1. The van der Waals surface area contributed by atoms with E-state index in [0.29, 0.717) is 16.7 Å². The Morgan fingerprint density at radius 3 is 2.85 bits per heavy atom. The first kappa shape index (κ1) is 8.51. The minimum atomic E-state index is 0.417. The zero-order valence-electron chi connectivity index (χ0n) is 7.53. The summed E-state index contributed by atoms with van der Waals surface area (Å²) in [5.41, 5.74) is 1.04. The van der Waals surface area contributed by atoms with Gasteiger partial charge < -0.3 is 0 Å². The summed E-state index contributed by atoms with van der Waals surface area (Å²) in [6.07, 6.45) is 5.37. The van der Waals surface area contributed by atoms with Gasteiger partial charge >= 0.3 is 0 Å². The minimum Gasteiger partial charge on any atom is -0.289 e. The van der Waals surface area contributed by atoms with E-state index in [1.54, 1.807) is 6.20 Å². The predicted octanol–water partition coefficient (Wildman–Crippen LogP) is 2.51. The normalized spacial score (nSPS) is 11.4. The molecule has 2 rings (SSSR count). The molecule has 0 fully saturated rings. The second-order valence-electron chi connectivity index (χ2n) is 3.30. The van der Waals surface area contributed by atoms with Crippen LogP contribution in [-0.2, 0) is 0 Å². The molecule has 0 aliphatic rings. The third-order valence-electron chi connectivity index (χ3n) is 1.89. The monoisotopic (exact) mass is 195 g/mol. The van der Waals surface area contributed by atoms with Crippen molar-refractivity contribution in [2.24, 2.45) is 0 Å². The Kier molecular flexibility index (Phi) is 1.96. The lowest BCUT2D eigenvalue weighted by Crippen LogP contribution is -1.85. The van der Waals surface area contributed by atoms with Gasteiger partial charge in [0.25, 0.3) is 0 Å². The maximum Gasteiger partial charge on any atom is 0.234 e. The van der Waals surface area contributed by atoms with Gasteiger partial charge in [0, 0.05) is 12.4 Å². The van der Waals surface area contributed by atoms with E-state index in [1.807, 2.05) is 16.8 Å². The summed E-state index contributed by atoms with van der Waals surface area (Å²) in [4.78, 5) is 8.45. The second kappa shape index (κ2) is 3.00. The smallest absolute Gasteiger partial charge is 0.234 e. The zero-order chi connectivity index (χ0) is 9.42. The van der Waals surface area contributed by atoms with Crippen LogP contribution in [0.15, 0.2) is 18.6 Å². The number of nitrogens with zero attached hydrogens (tertiary/aromatic N) is 3. The van der Waals surface area contributed by atoms with Crippen LogP contribution in [-0.4, -0.2) is 14.4 Å². The quantitative estimate of drug-likeness (QED) is 0.700. The summed E-state index contributed by atoms with van der Waals surface area (Å²) in [5.74, 6) is 1.12. The number of hydrogen-bond donors (Lipinski definition) is 0. The molecule has 0 spiro atoms. The third kappa shape index (κ3) is 1.52. The Morgan fingerprint density at radius 2 is 2.15 bits per heavy atom. The van der Waals surface area contributed by atoms with Crippen molar-refractivity contribution in [1.29, 1.82) is 0 Å². The third-order valence-corrected chi connectivity index (χ3v) is 2.08. The maximum atomic E-state index is 5.80. The number of hydrogen-bond acceptors (Lipinski definition) is 2. The lowest BCUT2D eigenvalue weighted by Gasteiger charge is -1.94. The Balaban J connectivity index is 2.62. The van der Waals surface area contributed by atoms with Crippen molar-refractivity contribution in [1.82, 2.24) is 14.4 Å². The van der Waals surface area contributed by atoms with Crippen LogP contribution in [0.1, 0.15) is 25.5 Å². The molecule has 0 bridgehead atoms. The van der Waals surface area contributed by atoms with Gasteiger partial charge in [0.1, 0.15) is 0 Å². The van der Waals surface area contributed by atoms with Crippen LogP contribution >= 0.6 is 11.6 Å². The molecule has 2 aromatic heterocycles. The number of imidazole rings is 1. The molecule has 0 aliphatic heterocycles. The van der Waals surface area contributed by atoms with Crippen molar-refractivity contribution in [3.05, 3.63) is 29.3 Å². The highest BCUT2D eigenvalue weighted by atomic mass is 35.5. The van der Waals surface area contributed by atoms with Crippen LogP contribution in [0.5, 0.6) is 0 Å². The van der Waals surface area contributed by atoms with Crippen LogP contribution in [0.2, 0.25) is 5.02 Å². The summed E-state index contributed by atoms with van der Waals surface area (Å²) in [6.45, 7) is 4.20. The van der Waals surface area contributed by atoms with Gasteiger partial charge in [-0.1, -0.05) is 25.4 Å². The second-order valence-corrected chi connectivity index (χ2v) is 3.74. The maximum absolute atomic E-state index is 5.80. The zero-order valence-corrected chi connectivity index (χ0v) is 8.28. The van der Waals surface area contributed by atoms with Crippen LogP contribution in [0.3, 0.4) is 0 Å². The molecule has 0 radical (unpaired) electrons. The van der Waals surface area contributed by atoms with Gasteiger partial charge in [-0.3, -0.25) is 4.40 Å². The average Bonchev–Trinajstić information content (AvgIpc) is 2.46. The van der Waals surface area contributed by atoms with Crippen molar-refractivity contribution in [3.8, 4) is 0 Å². The van der Waals surface area contributed by atoms with Gasteiger partial charge in [0.2, 0.25) is 5.78 Å². The van der Waals surface area contributed by atoms with Gasteiger partial charge in [-0.25, -0.2) is 9.97 Å². The van der Waals surface area contributed by atoms with Crippen molar-refractivity contribution in [3.63, 3.8) is 0 Å². The Hall–Kier alpha value is -1.09. The molecule has 3 nitrogen and oxygen atoms in total. The Bertz CT molecular complexity index is 433. The molecule has 13 heavy (non-hydrogen) atoms. The fraction of sp³-hybridized carbons (Fsp3) is 0.333. The molecule has 0 unspecified atom stereocenters. The molecule has 0 N–H and O–H groups in total. The standard InChI is InChI=1S/C9H10ClN3/c1-6(2)8-5-13-4-7(10)3-11-9(13)12-8/h3-6H,1-2H3. The largest absolute Gasteiger partial charge is 0.289 e. The van der Waals surface area contributed by atoms with Gasteiger partial charge in [-0.05, 0) is 5.92 Å². The summed E-state index contributed by atoms with van der Waals surface area (Å²) in [7, 11) is 0. The van der Waals surface area contributed by atoms with Gasteiger partial charge in [-0.2, -0.15) is 0 Å². The van der Waals surface area contributed by atoms with Gasteiger partial charge in [0.05, 0.1) is 16.9 Å². The van der Waals surface area contributed by atoms with Crippen molar-refractivity contribution in [2.75, 3.05) is 0 Å². The van der Waals surface area contributed by atoms with Crippen LogP contribution in [0.25, 0.3) is 5.78 Å². The van der Waals surface area contributed by atoms with E-state index in [2.05, 4.69) is 23.8 Å².